The van der Waals surface area contributed by atoms with Gasteiger partial charge in [0.2, 0.25) is 0 Å². The minimum Gasteiger partial charge on any atom is -0.302 e. The average Bonchev–Trinajstić information content (AvgIpc) is 3.25. The SMILES string of the molecule is Cc1csc(=O)n1CCN1CCCC1c1nnc2ccccn12. The van der Waals surface area contributed by atoms with Crippen molar-refractivity contribution in [3.8, 4) is 0 Å². The van der Waals surface area contributed by atoms with Crippen molar-refractivity contribution >= 4 is 17.0 Å². The number of fused-ring (bicyclic) bond motifs is 1. The maximum absolute atomic E-state index is 11.9. The van der Waals surface area contributed by atoms with Crippen molar-refractivity contribution in [2.45, 2.75) is 32.4 Å². The molecule has 23 heavy (non-hydrogen) atoms. The Morgan fingerprint density at radius 3 is 3.04 bits per heavy atom. The molecule has 3 aromatic rings. The summed E-state index contributed by atoms with van der Waals surface area (Å²) in [6.07, 6.45) is 4.27. The number of pyridine rings is 1. The molecule has 0 bridgehead atoms. The number of rotatable bonds is 4. The lowest BCUT2D eigenvalue weighted by Gasteiger charge is -2.23. The summed E-state index contributed by atoms with van der Waals surface area (Å²) >= 11 is 1.28. The van der Waals surface area contributed by atoms with Gasteiger partial charge in [0.15, 0.2) is 11.5 Å². The zero-order valence-electron chi connectivity index (χ0n) is 13.1. The van der Waals surface area contributed by atoms with Crippen LogP contribution in [0, 0.1) is 6.92 Å². The van der Waals surface area contributed by atoms with Crippen molar-refractivity contribution < 1.29 is 0 Å². The van der Waals surface area contributed by atoms with Crippen molar-refractivity contribution in [2.75, 3.05) is 13.1 Å². The van der Waals surface area contributed by atoms with E-state index in [4.69, 9.17) is 0 Å². The van der Waals surface area contributed by atoms with Crippen LogP contribution >= 0.6 is 11.3 Å². The van der Waals surface area contributed by atoms with Crippen LogP contribution in [-0.2, 0) is 6.54 Å². The molecule has 1 fully saturated rings. The number of hydrogen-bond donors (Lipinski definition) is 0. The summed E-state index contributed by atoms with van der Waals surface area (Å²) in [5.74, 6) is 1.01. The topological polar surface area (TPSA) is 55.4 Å². The van der Waals surface area contributed by atoms with E-state index in [1.807, 2.05) is 41.3 Å². The Morgan fingerprint density at radius 1 is 1.30 bits per heavy atom. The second-order valence-electron chi connectivity index (χ2n) is 5.98. The van der Waals surface area contributed by atoms with Crippen LogP contribution in [0.4, 0.5) is 0 Å². The highest BCUT2D eigenvalue weighted by Crippen LogP contribution is 2.30. The van der Waals surface area contributed by atoms with Crippen LogP contribution in [0.2, 0.25) is 0 Å². The minimum atomic E-state index is 0.131. The molecule has 0 saturated carbocycles. The Balaban J connectivity index is 1.56. The molecular formula is C16H19N5OS. The summed E-state index contributed by atoms with van der Waals surface area (Å²) in [7, 11) is 0. The Hall–Kier alpha value is -1.99. The van der Waals surface area contributed by atoms with Gasteiger partial charge >= 0.3 is 4.87 Å². The maximum Gasteiger partial charge on any atom is 0.307 e. The molecule has 0 N–H and O–H groups in total. The lowest BCUT2D eigenvalue weighted by atomic mass is 10.2. The van der Waals surface area contributed by atoms with Gasteiger partial charge in [0, 0.05) is 30.4 Å². The highest BCUT2D eigenvalue weighted by molar-refractivity contribution is 7.07. The fourth-order valence-electron chi connectivity index (χ4n) is 3.38. The van der Waals surface area contributed by atoms with E-state index in [9.17, 15) is 4.79 Å². The number of nitrogens with zero attached hydrogens (tertiary/aromatic N) is 5. The van der Waals surface area contributed by atoms with Crippen molar-refractivity contribution in [3.05, 3.63) is 51.0 Å². The molecule has 0 amide bonds. The summed E-state index contributed by atoms with van der Waals surface area (Å²) < 4.78 is 3.94. The molecule has 0 radical (unpaired) electrons. The first-order chi connectivity index (χ1) is 11.2. The second-order valence-corrected chi connectivity index (χ2v) is 6.80. The fraction of sp³-hybridized carbons (Fsp3) is 0.438. The molecule has 7 heteroatoms. The highest BCUT2D eigenvalue weighted by Gasteiger charge is 2.29. The molecule has 0 spiro atoms. The summed E-state index contributed by atoms with van der Waals surface area (Å²) in [6.45, 7) is 4.64. The first-order valence-corrected chi connectivity index (χ1v) is 8.80. The lowest BCUT2D eigenvalue weighted by molar-refractivity contribution is 0.236. The molecule has 1 aliphatic rings. The van der Waals surface area contributed by atoms with Gasteiger partial charge in [-0.2, -0.15) is 0 Å². The molecule has 0 aliphatic carbocycles. The molecule has 4 heterocycles. The Bertz CT molecular complexity index is 880. The fourth-order valence-corrected chi connectivity index (χ4v) is 4.14. The van der Waals surface area contributed by atoms with Crippen LogP contribution in [-0.4, -0.2) is 37.2 Å². The second kappa shape index (κ2) is 5.90. The first-order valence-electron chi connectivity index (χ1n) is 7.92. The number of thiazole rings is 1. The third-order valence-electron chi connectivity index (χ3n) is 4.59. The maximum atomic E-state index is 11.9. The number of aromatic nitrogens is 4. The number of likely N-dealkylation sites (tertiary alicyclic amines) is 1. The van der Waals surface area contributed by atoms with Gasteiger partial charge in [0.05, 0.1) is 6.04 Å². The molecule has 1 aliphatic heterocycles. The summed E-state index contributed by atoms with van der Waals surface area (Å²) in [4.78, 5) is 14.4. The predicted molar refractivity (Wildman–Crippen MR) is 89.9 cm³/mol. The normalized spacial score (nSPS) is 18.9. The highest BCUT2D eigenvalue weighted by atomic mass is 32.1. The van der Waals surface area contributed by atoms with Gasteiger partial charge < -0.3 is 4.57 Å². The van der Waals surface area contributed by atoms with Crippen LogP contribution in [0.1, 0.15) is 30.4 Å². The summed E-state index contributed by atoms with van der Waals surface area (Å²) in [5, 5.41) is 10.6. The number of hydrogen-bond acceptors (Lipinski definition) is 5. The van der Waals surface area contributed by atoms with E-state index in [0.717, 1.165) is 49.6 Å². The third kappa shape index (κ3) is 2.60. The van der Waals surface area contributed by atoms with Gasteiger partial charge in [0.25, 0.3) is 0 Å². The van der Waals surface area contributed by atoms with E-state index in [1.165, 1.54) is 11.3 Å². The van der Waals surface area contributed by atoms with Crippen LogP contribution in [0.3, 0.4) is 0 Å². The molecule has 1 atom stereocenters. The summed E-state index contributed by atoms with van der Waals surface area (Å²) in [6, 6.07) is 6.24. The molecule has 120 valence electrons. The Kier molecular flexibility index (Phi) is 3.74. The molecule has 4 rings (SSSR count). The van der Waals surface area contributed by atoms with E-state index in [2.05, 4.69) is 19.5 Å². The molecular weight excluding hydrogens is 310 g/mol. The Morgan fingerprint density at radius 2 is 2.22 bits per heavy atom. The molecule has 1 unspecified atom stereocenters. The van der Waals surface area contributed by atoms with Crippen LogP contribution in [0.25, 0.3) is 5.65 Å². The molecule has 3 aromatic heterocycles. The van der Waals surface area contributed by atoms with Crippen molar-refractivity contribution in [2.24, 2.45) is 0 Å². The molecule has 6 nitrogen and oxygen atoms in total. The number of aryl methyl sites for hydroxylation is 1. The smallest absolute Gasteiger partial charge is 0.302 e. The zero-order valence-corrected chi connectivity index (χ0v) is 13.9. The van der Waals surface area contributed by atoms with E-state index >= 15 is 0 Å². The van der Waals surface area contributed by atoms with Gasteiger partial charge in [-0.15, -0.1) is 10.2 Å². The van der Waals surface area contributed by atoms with Gasteiger partial charge in [-0.05, 0) is 38.4 Å². The first kappa shape index (κ1) is 14.6. The zero-order chi connectivity index (χ0) is 15.8. The van der Waals surface area contributed by atoms with Crippen LogP contribution in [0.15, 0.2) is 34.6 Å². The van der Waals surface area contributed by atoms with Crippen molar-refractivity contribution in [1.82, 2.24) is 24.1 Å². The molecule has 0 aromatic carbocycles. The standard InChI is InChI=1S/C16H19N5OS/c1-12-11-23-16(22)20(12)10-9-19-7-4-5-13(19)15-18-17-14-6-2-3-8-21(14)15/h2-3,6,8,11,13H,4-5,7,9-10H2,1H3. The van der Waals surface area contributed by atoms with Gasteiger partial charge in [-0.3, -0.25) is 14.1 Å². The van der Waals surface area contributed by atoms with E-state index in [0.29, 0.717) is 0 Å². The largest absolute Gasteiger partial charge is 0.307 e. The van der Waals surface area contributed by atoms with Crippen LogP contribution in [0.5, 0.6) is 0 Å². The van der Waals surface area contributed by atoms with E-state index in [1.54, 1.807) is 0 Å². The third-order valence-corrected chi connectivity index (χ3v) is 5.47. The van der Waals surface area contributed by atoms with Gasteiger partial charge in [0.1, 0.15) is 0 Å². The molecule has 1 saturated heterocycles. The lowest BCUT2D eigenvalue weighted by Crippen LogP contribution is -2.30. The Labute approximate surface area is 138 Å². The minimum absolute atomic E-state index is 0.131. The quantitative estimate of drug-likeness (QED) is 0.735. The van der Waals surface area contributed by atoms with E-state index < -0.39 is 0 Å². The van der Waals surface area contributed by atoms with Gasteiger partial charge in [-0.1, -0.05) is 17.4 Å². The van der Waals surface area contributed by atoms with Crippen molar-refractivity contribution in [1.29, 1.82) is 0 Å². The average molecular weight is 329 g/mol. The van der Waals surface area contributed by atoms with Crippen molar-refractivity contribution in [3.63, 3.8) is 0 Å². The van der Waals surface area contributed by atoms with Gasteiger partial charge in [-0.25, -0.2) is 0 Å². The predicted octanol–water partition coefficient (Wildman–Crippen LogP) is 2.10. The van der Waals surface area contributed by atoms with Crippen LogP contribution < -0.4 is 4.87 Å². The monoisotopic (exact) mass is 329 g/mol. The van der Waals surface area contributed by atoms with E-state index in [-0.39, 0.29) is 10.9 Å². The summed E-state index contributed by atoms with van der Waals surface area (Å²) in [5.41, 5.74) is 1.93.